The summed E-state index contributed by atoms with van der Waals surface area (Å²) in [6.45, 7) is 4.33. The maximum Gasteiger partial charge on any atom is 0.338 e. The van der Waals surface area contributed by atoms with E-state index >= 15 is 0 Å². The average molecular weight is 385 g/mol. The van der Waals surface area contributed by atoms with Crippen molar-refractivity contribution in [3.63, 3.8) is 0 Å². The summed E-state index contributed by atoms with van der Waals surface area (Å²) in [5.41, 5.74) is 2.20. The Morgan fingerprint density at radius 3 is 2.63 bits per heavy atom. The lowest BCUT2D eigenvalue weighted by molar-refractivity contribution is -0.119. The Labute approximate surface area is 160 Å². The molecule has 0 unspecified atom stereocenters. The highest BCUT2D eigenvalue weighted by atomic mass is 32.1. The maximum atomic E-state index is 12.1. The summed E-state index contributed by atoms with van der Waals surface area (Å²) < 4.78 is 18.9. The van der Waals surface area contributed by atoms with Crippen molar-refractivity contribution in [2.24, 2.45) is 5.92 Å². The van der Waals surface area contributed by atoms with Crippen LogP contribution in [0.5, 0.6) is 5.75 Å². The van der Waals surface area contributed by atoms with Crippen LogP contribution in [0.4, 0.5) is 5.69 Å². The van der Waals surface area contributed by atoms with Crippen molar-refractivity contribution in [2.45, 2.75) is 13.8 Å². The number of rotatable bonds is 7. The van der Waals surface area contributed by atoms with E-state index < -0.39 is 18.5 Å². The molecule has 0 aliphatic heterocycles. The molecule has 27 heavy (non-hydrogen) atoms. The van der Waals surface area contributed by atoms with Crippen LogP contribution in [-0.2, 0) is 9.53 Å². The van der Waals surface area contributed by atoms with Gasteiger partial charge in [0, 0.05) is 0 Å². The first-order valence-corrected chi connectivity index (χ1v) is 9.17. The van der Waals surface area contributed by atoms with Crippen molar-refractivity contribution in [1.29, 1.82) is 0 Å². The summed E-state index contributed by atoms with van der Waals surface area (Å²) in [7, 11) is 0. The summed E-state index contributed by atoms with van der Waals surface area (Å²) in [5.74, 6) is 0.0804. The van der Waals surface area contributed by atoms with Gasteiger partial charge in [0.25, 0.3) is 5.91 Å². The molecule has 7 nitrogen and oxygen atoms in total. The number of esters is 1. The molecule has 0 saturated carbocycles. The normalized spacial score (nSPS) is 10.8. The molecule has 2 aromatic carbocycles. The lowest BCUT2D eigenvalue weighted by Gasteiger charge is -2.09. The fourth-order valence-electron chi connectivity index (χ4n) is 2.26. The number of ether oxygens (including phenoxy) is 2. The van der Waals surface area contributed by atoms with Gasteiger partial charge in [-0.1, -0.05) is 19.9 Å². The Kier molecular flexibility index (Phi) is 5.97. The summed E-state index contributed by atoms with van der Waals surface area (Å²) in [6.07, 6.45) is 0. The zero-order valence-electron chi connectivity index (χ0n) is 15.0. The number of benzene rings is 2. The second kappa shape index (κ2) is 8.59. The zero-order chi connectivity index (χ0) is 19.2. The Morgan fingerprint density at radius 1 is 1.11 bits per heavy atom. The minimum absolute atomic E-state index is 0.352. The van der Waals surface area contributed by atoms with Gasteiger partial charge < -0.3 is 14.8 Å². The fourth-order valence-corrected chi connectivity index (χ4v) is 2.81. The molecule has 1 N–H and O–H groups in total. The molecular formula is C19H19N3O4S. The average Bonchev–Trinajstić information content (AvgIpc) is 3.15. The fraction of sp³-hybridized carbons (Fsp3) is 0.263. The number of hydrogen-bond donors (Lipinski definition) is 1. The summed E-state index contributed by atoms with van der Waals surface area (Å²) in [5, 5.41) is 2.68. The van der Waals surface area contributed by atoms with Crippen LogP contribution < -0.4 is 10.1 Å². The number of fused-ring (bicyclic) bond motifs is 1. The molecule has 1 heterocycles. The maximum absolute atomic E-state index is 12.1. The van der Waals surface area contributed by atoms with Gasteiger partial charge in [-0.2, -0.15) is 8.75 Å². The van der Waals surface area contributed by atoms with E-state index in [9.17, 15) is 9.59 Å². The van der Waals surface area contributed by atoms with Crippen LogP contribution in [0.15, 0.2) is 42.5 Å². The largest absolute Gasteiger partial charge is 0.493 e. The molecule has 140 valence electrons. The quantitative estimate of drug-likeness (QED) is 0.626. The topological polar surface area (TPSA) is 90.4 Å². The van der Waals surface area contributed by atoms with Crippen LogP contribution >= 0.6 is 11.7 Å². The van der Waals surface area contributed by atoms with Gasteiger partial charge in [-0.05, 0) is 42.3 Å². The van der Waals surface area contributed by atoms with Crippen molar-refractivity contribution in [2.75, 3.05) is 18.5 Å². The molecule has 0 atom stereocenters. The Balaban J connectivity index is 1.52. The molecule has 0 spiro atoms. The third-order valence-corrected chi connectivity index (χ3v) is 4.11. The van der Waals surface area contributed by atoms with E-state index in [0.717, 1.165) is 11.7 Å². The molecule has 1 amide bonds. The van der Waals surface area contributed by atoms with Crippen molar-refractivity contribution in [3.05, 3.63) is 48.0 Å². The number of carbonyl (C=O) groups excluding carboxylic acids is 2. The molecule has 0 saturated heterocycles. The second-order valence-corrected chi connectivity index (χ2v) is 6.82. The van der Waals surface area contributed by atoms with Crippen LogP contribution in [0.2, 0.25) is 0 Å². The van der Waals surface area contributed by atoms with Gasteiger partial charge in [0.2, 0.25) is 0 Å². The van der Waals surface area contributed by atoms with Crippen LogP contribution in [0.1, 0.15) is 24.2 Å². The summed E-state index contributed by atoms with van der Waals surface area (Å²) in [6, 6.07) is 11.9. The third kappa shape index (κ3) is 5.01. The highest BCUT2D eigenvalue weighted by molar-refractivity contribution is 7.00. The van der Waals surface area contributed by atoms with E-state index in [1.54, 1.807) is 36.4 Å². The molecule has 0 aliphatic carbocycles. The number of aromatic nitrogens is 2. The summed E-state index contributed by atoms with van der Waals surface area (Å²) in [4.78, 5) is 24.2. The molecule has 8 heteroatoms. The number of carbonyl (C=O) groups is 2. The van der Waals surface area contributed by atoms with Crippen molar-refractivity contribution in [1.82, 2.24) is 8.75 Å². The van der Waals surface area contributed by atoms with E-state index in [-0.39, 0.29) is 0 Å². The first-order valence-electron chi connectivity index (χ1n) is 8.44. The number of amides is 1. The number of anilines is 1. The van der Waals surface area contributed by atoms with Crippen LogP contribution in [0.3, 0.4) is 0 Å². The standard InChI is InChI=1S/C19H19N3O4S/c1-12(2)10-25-14-8-6-13(7-9-14)19(24)26-11-17(23)20-15-4-3-5-16-18(15)22-27-21-16/h3-9,12H,10-11H2,1-2H3,(H,20,23). The van der Waals surface area contributed by atoms with Crippen LogP contribution in [0, 0.1) is 5.92 Å². The van der Waals surface area contributed by atoms with E-state index in [1.165, 1.54) is 0 Å². The lowest BCUT2D eigenvalue weighted by atomic mass is 10.2. The molecule has 1 aromatic heterocycles. The molecule has 0 bridgehead atoms. The molecule has 3 rings (SSSR count). The second-order valence-electron chi connectivity index (χ2n) is 6.29. The van der Waals surface area contributed by atoms with Crippen LogP contribution in [-0.4, -0.2) is 33.8 Å². The van der Waals surface area contributed by atoms with E-state index in [0.29, 0.717) is 40.6 Å². The minimum Gasteiger partial charge on any atom is -0.493 e. The molecule has 0 fully saturated rings. The zero-order valence-corrected chi connectivity index (χ0v) is 15.8. The first-order chi connectivity index (χ1) is 13.0. The van der Waals surface area contributed by atoms with Gasteiger partial charge in [0.1, 0.15) is 16.8 Å². The third-order valence-electron chi connectivity index (χ3n) is 3.57. The first kappa shape index (κ1) is 18.8. The number of nitrogens with one attached hydrogen (secondary N) is 1. The Morgan fingerprint density at radius 2 is 1.89 bits per heavy atom. The molecule has 0 radical (unpaired) electrons. The van der Waals surface area contributed by atoms with Crippen LogP contribution in [0.25, 0.3) is 11.0 Å². The van der Waals surface area contributed by atoms with Crippen molar-refractivity contribution < 1.29 is 19.1 Å². The SMILES string of the molecule is CC(C)COc1ccc(C(=O)OCC(=O)Nc2cccc3nsnc23)cc1. The van der Waals surface area contributed by atoms with Gasteiger partial charge in [-0.25, -0.2) is 4.79 Å². The van der Waals surface area contributed by atoms with Gasteiger partial charge in [0.05, 0.1) is 29.6 Å². The minimum atomic E-state index is -0.575. The number of nitrogens with zero attached hydrogens (tertiary/aromatic N) is 2. The molecule has 0 aliphatic rings. The van der Waals surface area contributed by atoms with E-state index in [4.69, 9.17) is 9.47 Å². The van der Waals surface area contributed by atoms with Gasteiger partial charge in [-0.15, -0.1) is 0 Å². The highest BCUT2D eigenvalue weighted by Gasteiger charge is 2.13. The van der Waals surface area contributed by atoms with Gasteiger partial charge in [-0.3, -0.25) is 4.79 Å². The van der Waals surface area contributed by atoms with Gasteiger partial charge in [0.15, 0.2) is 6.61 Å². The predicted molar refractivity (Wildman–Crippen MR) is 103 cm³/mol. The summed E-state index contributed by atoms with van der Waals surface area (Å²) >= 11 is 1.07. The molecule has 3 aromatic rings. The highest BCUT2D eigenvalue weighted by Crippen LogP contribution is 2.21. The van der Waals surface area contributed by atoms with Gasteiger partial charge >= 0.3 is 5.97 Å². The van der Waals surface area contributed by atoms with E-state index in [2.05, 4.69) is 27.9 Å². The van der Waals surface area contributed by atoms with Crippen molar-refractivity contribution in [3.8, 4) is 5.75 Å². The van der Waals surface area contributed by atoms with E-state index in [1.807, 2.05) is 6.07 Å². The smallest absolute Gasteiger partial charge is 0.338 e. The van der Waals surface area contributed by atoms with Crippen molar-refractivity contribution >= 4 is 40.3 Å². The Bertz CT molecular complexity index is 938. The molecular weight excluding hydrogens is 366 g/mol. The Hall–Kier alpha value is -3.00. The number of hydrogen-bond acceptors (Lipinski definition) is 7. The monoisotopic (exact) mass is 385 g/mol. The lowest BCUT2D eigenvalue weighted by Crippen LogP contribution is -2.21. The predicted octanol–water partition coefficient (Wildman–Crippen LogP) is 3.52.